The summed E-state index contributed by atoms with van der Waals surface area (Å²) < 4.78 is 36.3. The third-order valence-corrected chi connectivity index (χ3v) is 2.49. The van der Waals surface area contributed by atoms with Crippen molar-refractivity contribution < 1.29 is 13.2 Å². The SMILES string of the molecule is CCCNC(CCCC(F)(F)F)c1ncccn1. The van der Waals surface area contributed by atoms with Crippen LogP contribution in [0.15, 0.2) is 18.5 Å². The molecule has 1 rings (SSSR count). The van der Waals surface area contributed by atoms with Crippen molar-refractivity contribution in [2.75, 3.05) is 6.54 Å². The molecule has 1 heterocycles. The van der Waals surface area contributed by atoms with Gasteiger partial charge in [-0.25, -0.2) is 9.97 Å². The molecule has 0 saturated carbocycles. The summed E-state index contributed by atoms with van der Waals surface area (Å²) in [7, 11) is 0. The Hall–Kier alpha value is -1.17. The predicted molar refractivity (Wildman–Crippen MR) is 63.0 cm³/mol. The van der Waals surface area contributed by atoms with E-state index in [0.717, 1.165) is 13.0 Å². The number of nitrogens with zero attached hydrogens (tertiary/aromatic N) is 2. The zero-order chi connectivity index (χ0) is 13.4. The van der Waals surface area contributed by atoms with Crippen LogP contribution >= 0.6 is 0 Å². The third-order valence-electron chi connectivity index (χ3n) is 2.49. The maximum Gasteiger partial charge on any atom is 0.389 e. The van der Waals surface area contributed by atoms with Gasteiger partial charge >= 0.3 is 6.18 Å². The summed E-state index contributed by atoms with van der Waals surface area (Å²) in [6.45, 7) is 2.75. The summed E-state index contributed by atoms with van der Waals surface area (Å²) in [5.74, 6) is 0.563. The summed E-state index contributed by atoms with van der Waals surface area (Å²) in [6.07, 6.45) is -0.244. The lowest BCUT2D eigenvalue weighted by atomic mass is 10.1. The third kappa shape index (κ3) is 5.95. The molecular formula is C12H18F3N3. The number of nitrogens with one attached hydrogen (secondary N) is 1. The summed E-state index contributed by atoms with van der Waals surface area (Å²) >= 11 is 0. The first-order valence-corrected chi connectivity index (χ1v) is 6.10. The number of hydrogen-bond donors (Lipinski definition) is 1. The second-order valence-corrected chi connectivity index (χ2v) is 4.12. The first-order chi connectivity index (χ1) is 8.53. The van der Waals surface area contributed by atoms with E-state index < -0.39 is 12.6 Å². The fourth-order valence-corrected chi connectivity index (χ4v) is 1.64. The Balaban J connectivity index is 2.51. The Morgan fingerprint density at radius 1 is 1.28 bits per heavy atom. The Bertz CT molecular complexity index is 327. The van der Waals surface area contributed by atoms with E-state index in [1.165, 1.54) is 0 Å². The Labute approximate surface area is 105 Å². The highest BCUT2D eigenvalue weighted by Crippen LogP contribution is 2.25. The molecule has 102 valence electrons. The van der Waals surface area contributed by atoms with Crippen molar-refractivity contribution in [1.29, 1.82) is 0 Å². The first-order valence-electron chi connectivity index (χ1n) is 6.10. The maximum atomic E-state index is 12.1. The average Bonchev–Trinajstić information content (AvgIpc) is 2.33. The lowest BCUT2D eigenvalue weighted by molar-refractivity contribution is -0.135. The molecule has 1 aromatic heterocycles. The van der Waals surface area contributed by atoms with Crippen LogP contribution in [0.4, 0.5) is 13.2 Å². The van der Waals surface area contributed by atoms with E-state index in [1.54, 1.807) is 18.5 Å². The van der Waals surface area contributed by atoms with Crippen molar-refractivity contribution in [3.63, 3.8) is 0 Å². The molecule has 0 fully saturated rings. The van der Waals surface area contributed by atoms with Crippen molar-refractivity contribution in [1.82, 2.24) is 15.3 Å². The quantitative estimate of drug-likeness (QED) is 0.818. The zero-order valence-electron chi connectivity index (χ0n) is 10.4. The van der Waals surface area contributed by atoms with Gasteiger partial charge in [-0.15, -0.1) is 0 Å². The number of halogens is 3. The van der Waals surface area contributed by atoms with Crippen LogP contribution in [-0.2, 0) is 0 Å². The molecule has 6 heteroatoms. The molecular weight excluding hydrogens is 243 g/mol. The Morgan fingerprint density at radius 2 is 1.94 bits per heavy atom. The number of aromatic nitrogens is 2. The van der Waals surface area contributed by atoms with Gasteiger partial charge in [0.25, 0.3) is 0 Å². The summed E-state index contributed by atoms with van der Waals surface area (Å²) in [4.78, 5) is 8.18. The second-order valence-electron chi connectivity index (χ2n) is 4.12. The van der Waals surface area contributed by atoms with Gasteiger partial charge in [0.15, 0.2) is 0 Å². The molecule has 0 spiro atoms. The van der Waals surface area contributed by atoms with Crippen molar-refractivity contribution in [2.24, 2.45) is 0 Å². The van der Waals surface area contributed by atoms with Crippen molar-refractivity contribution >= 4 is 0 Å². The van der Waals surface area contributed by atoms with Crippen LogP contribution in [0.5, 0.6) is 0 Å². The zero-order valence-corrected chi connectivity index (χ0v) is 10.4. The molecule has 0 aliphatic rings. The largest absolute Gasteiger partial charge is 0.389 e. The van der Waals surface area contributed by atoms with E-state index in [9.17, 15) is 13.2 Å². The normalized spacial score (nSPS) is 13.6. The van der Waals surface area contributed by atoms with E-state index in [4.69, 9.17) is 0 Å². The van der Waals surface area contributed by atoms with E-state index in [0.29, 0.717) is 12.2 Å². The highest BCUT2D eigenvalue weighted by molar-refractivity contribution is 4.95. The van der Waals surface area contributed by atoms with E-state index >= 15 is 0 Å². The highest BCUT2D eigenvalue weighted by Gasteiger charge is 2.27. The monoisotopic (exact) mass is 261 g/mol. The molecule has 0 radical (unpaired) electrons. The lowest BCUT2D eigenvalue weighted by Crippen LogP contribution is -2.24. The summed E-state index contributed by atoms with van der Waals surface area (Å²) in [5.41, 5.74) is 0. The fourth-order valence-electron chi connectivity index (χ4n) is 1.64. The lowest BCUT2D eigenvalue weighted by Gasteiger charge is -2.17. The standard InChI is InChI=1S/C12H18F3N3/c1-2-7-16-10(5-3-6-12(13,14)15)11-17-8-4-9-18-11/h4,8-10,16H,2-3,5-7H2,1H3. The minimum atomic E-state index is -4.09. The minimum Gasteiger partial charge on any atom is -0.307 e. The van der Waals surface area contributed by atoms with Crippen molar-refractivity contribution in [3.05, 3.63) is 24.3 Å². The molecule has 1 aromatic rings. The number of hydrogen-bond acceptors (Lipinski definition) is 3. The molecule has 0 bridgehead atoms. The Kier molecular flexibility index (Phi) is 6.04. The van der Waals surface area contributed by atoms with Gasteiger partial charge in [-0.3, -0.25) is 0 Å². The summed E-state index contributed by atoms with van der Waals surface area (Å²) in [6, 6.07) is 1.49. The highest BCUT2D eigenvalue weighted by atomic mass is 19.4. The molecule has 0 amide bonds. The van der Waals surface area contributed by atoms with Gasteiger partial charge in [0.1, 0.15) is 5.82 Å². The summed E-state index contributed by atoms with van der Waals surface area (Å²) in [5, 5.41) is 3.18. The van der Waals surface area contributed by atoms with Gasteiger partial charge in [-0.1, -0.05) is 6.92 Å². The smallest absolute Gasteiger partial charge is 0.307 e. The van der Waals surface area contributed by atoms with Gasteiger partial charge in [0.2, 0.25) is 0 Å². The second kappa shape index (κ2) is 7.31. The number of alkyl halides is 3. The van der Waals surface area contributed by atoms with Crippen LogP contribution in [0.3, 0.4) is 0 Å². The first kappa shape index (κ1) is 14.9. The van der Waals surface area contributed by atoms with Crippen LogP contribution in [0, 0.1) is 0 Å². The molecule has 1 N–H and O–H groups in total. The molecule has 0 aliphatic heterocycles. The molecule has 0 aliphatic carbocycles. The van der Waals surface area contributed by atoms with Gasteiger partial charge in [-0.2, -0.15) is 13.2 Å². The minimum absolute atomic E-state index is 0.0864. The average molecular weight is 261 g/mol. The van der Waals surface area contributed by atoms with Gasteiger partial charge in [-0.05, 0) is 31.9 Å². The van der Waals surface area contributed by atoms with Gasteiger partial charge < -0.3 is 5.32 Å². The van der Waals surface area contributed by atoms with Crippen molar-refractivity contribution in [2.45, 2.75) is 44.8 Å². The van der Waals surface area contributed by atoms with Crippen LogP contribution in [0.25, 0.3) is 0 Å². The van der Waals surface area contributed by atoms with E-state index in [1.807, 2.05) is 6.92 Å². The molecule has 18 heavy (non-hydrogen) atoms. The van der Waals surface area contributed by atoms with Crippen LogP contribution < -0.4 is 5.32 Å². The van der Waals surface area contributed by atoms with E-state index in [-0.39, 0.29) is 12.5 Å². The van der Waals surface area contributed by atoms with Gasteiger partial charge in [0, 0.05) is 18.8 Å². The molecule has 0 saturated heterocycles. The topological polar surface area (TPSA) is 37.8 Å². The van der Waals surface area contributed by atoms with E-state index in [2.05, 4.69) is 15.3 Å². The molecule has 0 aromatic carbocycles. The van der Waals surface area contributed by atoms with Crippen LogP contribution in [-0.4, -0.2) is 22.7 Å². The van der Waals surface area contributed by atoms with Crippen LogP contribution in [0.1, 0.15) is 44.5 Å². The van der Waals surface area contributed by atoms with Crippen molar-refractivity contribution in [3.8, 4) is 0 Å². The molecule has 1 atom stereocenters. The fraction of sp³-hybridized carbons (Fsp3) is 0.667. The van der Waals surface area contributed by atoms with Gasteiger partial charge in [0.05, 0.1) is 6.04 Å². The van der Waals surface area contributed by atoms with Crippen LogP contribution in [0.2, 0.25) is 0 Å². The number of rotatable bonds is 7. The molecule has 3 nitrogen and oxygen atoms in total. The Morgan fingerprint density at radius 3 is 2.50 bits per heavy atom. The maximum absolute atomic E-state index is 12.1. The molecule has 1 unspecified atom stereocenters. The predicted octanol–water partition coefficient (Wildman–Crippen LogP) is 3.25.